The number of carbonyl (C=O) groups is 4. The molecule has 1 aromatic carbocycles. The number of hydrogen-bond acceptors (Lipinski definition) is 8. The number of fused-ring (bicyclic) bond motifs is 11. The van der Waals surface area contributed by atoms with Gasteiger partial charge in [0.15, 0.2) is 0 Å². The molecule has 2 bridgehead atoms. The summed E-state index contributed by atoms with van der Waals surface area (Å²) in [5.41, 5.74) is 0.145. The van der Waals surface area contributed by atoms with Crippen molar-refractivity contribution < 1.29 is 38.7 Å². The maximum absolute atomic E-state index is 11.5. The Bertz CT molecular complexity index is 508. The van der Waals surface area contributed by atoms with E-state index in [9.17, 15) is 19.2 Å². The van der Waals surface area contributed by atoms with Gasteiger partial charge in [-0.1, -0.05) is 0 Å². The highest BCUT2D eigenvalue weighted by Gasteiger charge is 2.18. The largest absolute Gasteiger partial charge is 0.386 e. The van der Waals surface area contributed by atoms with Crippen molar-refractivity contribution in [1.29, 1.82) is 0 Å². The maximum atomic E-state index is 11.5. The Kier molecular flexibility index (Phi) is 3.94. The minimum atomic E-state index is -0.935. The molecule has 0 amide bonds. The molecule has 0 atom stereocenters. The third-order valence-electron chi connectivity index (χ3n) is 2.31. The third-order valence-corrected chi connectivity index (χ3v) is 2.31. The average molecular weight is 280 g/mol. The van der Waals surface area contributed by atoms with Crippen molar-refractivity contribution in [3.05, 3.63) is 35.4 Å². The van der Waals surface area contributed by atoms with E-state index in [4.69, 9.17) is 0 Å². The SMILES string of the molecule is O=C1CCC(=O)OOC(=O)c2ccc(cc2)C(=O)OO1. The Balaban J connectivity index is 2.21. The normalized spacial score (nSPS) is 16.6. The Morgan fingerprint density at radius 2 is 0.950 bits per heavy atom. The summed E-state index contributed by atoms with van der Waals surface area (Å²) in [5.74, 6) is -3.68. The first-order valence-electron chi connectivity index (χ1n) is 5.49. The molecule has 0 aliphatic carbocycles. The number of benzene rings is 1. The molecule has 8 nitrogen and oxygen atoms in total. The van der Waals surface area contributed by atoms with Crippen LogP contribution in [0, 0.1) is 0 Å². The molecule has 20 heavy (non-hydrogen) atoms. The zero-order valence-electron chi connectivity index (χ0n) is 9.99. The van der Waals surface area contributed by atoms with Crippen LogP contribution in [0.5, 0.6) is 0 Å². The first kappa shape index (κ1) is 13.5. The molecule has 0 fully saturated rings. The molecule has 1 aromatic rings. The summed E-state index contributed by atoms with van der Waals surface area (Å²) in [6, 6.07) is 5.06. The summed E-state index contributed by atoms with van der Waals surface area (Å²) in [6.45, 7) is 0. The van der Waals surface area contributed by atoms with Crippen molar-refractivity contribution in [2.75, 3.05) is 0 Å². The highest BCUT2D eigenvalue weighted by molar-refractivity contribution is 5.93. The van der Waals surface area contributed by atoms with E-state index < -0.39 is 23.9 Å². The van der Waals surface area contributed by atoms with Crippen LogP contribution in [0.1, 0.15) is 33.6 Å². The second kappa shape index (κ2) is 5.83. The van der Waals surface area contributed by atoms with Crippen molar-refractivity contribution in [1.82, 2.24) is 0 Å². The molecule has 0 aromatic heterocycles. The van der Waals surface area contributed by atoms with E-state index in [1.807, 2.05) is 0 Å². The zero-order chi connectivity index (χ0) is 14.5. The van der Waals surface area contributed by atoms with Crippen molar-refractivity contribution in [3.8, 4) is 0 Å². The van der Waals surface area contributed by atoms with E-state index in [0.29, 0.717) is 0 Å². The number of hydrogen-bond donors (Lipinski definition) is 0. The summed E-state index contributed by atoms with van der Waals surface area (Å²) < 4.78 is 0. The van der Waals surface area contributed by atoms with E-state index in [1.165, 1.54) is 24.3 Å². The van der Waals surface area contributed by atoms with Crippen molar-refractivity contribution in [2.45, 2.75) is 12.8 Å². The van der Waals surface area contributed by atoms with Gasteiger partial charge in [0.1, 0.15) is 0 Å². The summed E-state index contributed by atoms with van der Waals surface area (Å²) in [7, 11) is 0. The zero-order valence-corrected chi connectivity index (χ0v) is 9.99. The van der Waals surface area contributed by atoms with Crippen molar-refractivity contribution in [3.63, 3.8) is 0 Å². The average Bonchev–Trinajstić information content (AvgIpc) is 2.47. The minimum Gasteiger partial charge on any atom is -0.247 e. The first-order valence-corrected chi connectivity index (χ1v) is 5.49. The molecule has 3 rings (SSSR count). The summed E-state index contributed by atoms with van der Waals surface area (Å²) in [6.07, 6.45) is -0.775. The lowest BCUT2D eigenvalue weighted by Crippen LogP contribution is -2.16. The number of rotatable bonds is 0. The molecule has 0 spiro atoms. The molecule has 0 saturated heterocycles. The van der Waals surface area contributed by atoms with Crippen LogP contribution in [0.3, 0.4) is 0 Å². The van der Waals surface area contributed by atoms with Gasteiger partial charge in [0, 0.05) is 0 Å². The second-order valence-corrected chi connectivity index (χ2v) is 3.73. The molecule has 0 radical (unpaired) electrons. The fraction of sp³-hybridized carbons (Fsp3) is 0.167. The van der Waals surface area contributed by atoms with Crippen LogP contribution in [-0.2, 0) is 29.1 Å². The van der Waals surface area contributed by atoms with Gasteiger partial charge < -0.3 is 0 Å². The van der Waals surface area contributed by atoms with Crippen molar-refractivity contribution in [2.24, 2.45) is 0 Å². The van der Waals surface area contributed by atoms with E-state index in [1.54, 1.807) is 0 Å². The van der Waals surface area contributed by atoms with Crippen LogP contribution in [0.2, 0.25) is 0 Å². The molecular formula is C12H8O8. The third kappa shape index (κ3) is 3.31. The molecule has 2 aliphatic heterocycles. The summed E-state index contributed by atoms with van der Waals surface area (Å²) in [5, 5.41) is 0. The fourth-order valence-electron chi connectivity index (χ4n) is 1.29. The standard InChI is InChI=1S/C12H8O8/c13-9-5-6-10(14)18-20-12(16)8-2-1-7(3-4-8)11(15)19-17-9/h1-4H,5-6H2. The Labute approximate surface area is 112 Å². The molecular weight excluding hydrogens is 272 g/mol. The van der Waals surface area contributed by atoms with Crippen molar-refractivity contribution >= 4 is 23.9 Å². The van der Waals surface area contributed by atoms with Crippen LogP contribution in [0.4, 0.5) is 0 Å². The topological polar surface area (TPSA) is 105 Å². The van der Waals surface area contributed by atoms with E-state index >= 15 is 0 Å². The summed E-state index contributed by atoms with van der Waals surface area (Å²) in [4.78, 5) is 62.3. The van der Waals surface area contributed by atoms with Crippen LogP contribution in [-0.4, -0.2) is 23.9 Å². The minimum absolute atomic E-state index is 0.0726. The Hall–Kier alpha value is -2.90. The molecule has 2 heterocycles. The van der Waals surface area contributed by atoms with Crippen LogP contribution in [0.15, 0.2) is 24.3 Å². The van der Waals surface area contributed by atoms with Crippen LogP contribution >= 0.6 is 0 Å². The highest BCUT2D eigenvalue weighted by Crippen LogP contribution is 2.09. The molecule has 0 saturated carbocycles. The van der Waals surface area contributed by atoms with Crippen LogP contribution in [0.25, 0.3) is 0 Å². The summed E-state index contributed by atoms with van der Waals surface area (Å²) >= 11 is 0. The predicted octanol–water partition coefficient (Wildman–Crippen LogP) is 0.710. The highest BCUT2D eigenvalue weighted by atomic mass is 17.2. The van der Waals surface area contributed by atoms with Gasteiger partial charge in [0.25, 0.3) is 0 Å². The lowest BCUT2D eigenvalue weighted by molar-refractivity contribution is -0.240. The molecule has 0 unspecified atom stereocenters. The Morgan fingerprint density at radius 3 is 1.30 bits per heavy atom. The molecule has 2 aliphatic rings. The van der Waals surface area contributed by atoms with Gasteiger partial charge in [0.2, 0.25) is 0 Å². The van der Waals surface area contributed by atoms with Gasteiger partial charge >= 0.3 is 23.9 Å². The first-order chi connectivity index (χ1) is 9.56. The predicted molar refractivity (Wildman–Crippen MR) is 58.7 cm³/mol. The lowest BCUT2D eigenvalue weighted by atomic mass is 10.1. The van der Waals surface area contributed by atoms with Crippen LogP contribution < -0.4 is 0 Å². The Morgan fingerprint density at radius 1 is 0.600 bits per heavy atom. The van der Waals surface area contributed by atoms with E-state index in [2.05, 4.69) is 19.6 Å². The van der Waals surface area contributed by atoms with Gasteiger partial charge in [-0.15, -0.1) is 0 Å². The van der Waals surface area contributed by atoms with Gasteiger partial charge in [-0.3, -0.25) is 0 Å². The number of carbonyl (C=O) groups excluding carboxylic acids is 4. The second-order valence-electron chi connectivity index (χ2n) is 3.73. The van der Waals surface area contributed by atoms with E-state index in [-0.39, 0.29) is 24.0 Å². The van der Waals surface area contributed by atoms with E-state index in [0.717, 1.165) is 0 Å². The van der Waals surface area contributed by atoms with Gasteiger partial charge in [-0.2, -0.15) is 0 Å². The molecule has 0 N–H and O–H groups in total. The van der Waals surface area contributed by atoms with Gasteiger partial charge in [0.05, 0.1) is 24.0 Å². The van der Waals surface area contributed by atoms with Gasteiger partial charge in [-0.05, 0) is 24.3 Å². The van der Waals surface area contributed by atoms with Gasteiger partial charge in [-0.25, -0.2) is 38.7 Å². The smallest absolute Gasteiger partial charge is 0.247 e. The fourth-order valence-corrected chi connectivity index (χ4v) is 1.29. The molecule has 104 valence electrons. The monoisotopic (exact) mass is 280 g/mol. The lowest BCUT2D eigenvalue weighted by Gasteiger charge is -2.06. The maximum Gasteiger partial charge on any atom is 0.386 e. The quantitative estimate of drug-likeness (QED) is 0.640. The molecule has 8 heteroatoms.